The molecule has 0 heterocycles. The van der Waals surface area contributed by atoms with Gasteiger partial charge in [0.2, 0.25) is 0 Å². The third-order valence-corrected chi connectivity index (χ3v) is 8.10. The highest BCUT2D eigenvalue weighted by atomic mass is 32.2. The molecule has 0 aliphatic carbocycles. The standard InChI is InChI=1S/C10H24OSSi/c1-7-12-9-8-11-13(5,6)10(2,3)4/h7-9H2,1-6H3. The smallest absolute Gasteiger partial charge is 0.192 e. The highest BCUT2D eigenvalue weighted by Crippen LogP contribution is 2.36. The van der Waals surface area contributed by atoms with E-state index in [-0.39, 0.29) is 0 Å². The van der Waals surface area contributed by atoms with Crippen LogP contribution >= 0.6 is 11.8 Å². The van der Waals surface area contributed by atoms with Crippen LogP contribution in [0.3, 0.4) is 0 Å². The number of hydrogen-bond acceptors (Lipinski definition) is 2. The Kier molecular flexibility index (Phi) is 5.64. The van der Waals surface area contributed by atoms with E-state index in [9.17, 15) is 0 Å². The van der Waals surface area contributed by atoms with E-state index in [0.29, 0.717) is 5.04 Å². The van der Waals surface area contributed by atoms with E-state index >= 15 is 0 Å². The first-order chi connectivity index (χ1) is 5.81. The SMILES string of the molecule is CCSCCO[Si](C)(C)C(C)(C)C. The largest absolute Gasteiger partial charge is 0.416 e. The predicted octanol–water partition coefficient (Wildman–Crippen LogP) is 3.76. The Balaban J connectivity index is 3.77. The number of hydrogen-bond donors (Lipinski definition) is 0. The molecule has 0 saturated carbocycles. The van der Waals surface area contributed by atoms with Gasteiger partial charge in [-0.05, 0) is 23.9 Å². The summed E-state index contributed by atoms with van der Waals surface area (Å²) in [4.78, 5) is 0. The molecular formula is C10H24OSSi. The van der Waals surface area contributed by atoms with Gasteiger partial charge in [-0.3, -0.25) is 0 Å². The van der Waals surface area contributed by atoms with Crippen molar-refractivity contribution in [3.8, 4) is 0 Å². The van der Waals surface area contributed by atoms with Crippen LogP contribution in [-0.2, 0) is 4.43 Å². The average Bonchev–Trinajstić information content (AvgIpc) is 1.96. The van der Waals surface area contributed by atoms with Crippen LogP contribution in [0.15, 0.2) is 0 Å². The molecule has 3 heteroatoms. The van der Waals surface area contributed by atoms with E-state index in [1.807, 2.05) is 11.8 Å². The van der Waals surface area contributed by atoms with Gasteiger partial charge in [-0.1, -0.05) is 27.7 Å². The van der Waals surface area contributed by atoms with Crippen LogP contribution in [0.5, 0.6) is 0 Å². The molecule has 0 rings (SSSR count). The third-order valence-electron chi connectivity index (χ3n) is 2.70. The maximum atomic E-state index is 6.01. The Morgan fingerprint density at radius 3 is 2.15 bits per heavy atom. The van der Waals surface area contributed by atoms with Crippen molar-refractivity contribution >= 4 is 20.1 Å². The van der Waals surface area contributed by atoms with E-state index < -0.39 is 8.32 Å². The second-order valence-corrected chi connectivity index (χ2v) is 11.0. The first-order valence-corrected chi connectivity index (χ1v) is 9.09. The predicted molar refractivity (Wildman–Crippen MR) is 66.1 cm³/mol. The highest BCUT2D eigenvalue weighted by Gasteiger charge is 2.36. The minimum atomic E-state index is -1.47. The van der Waals surface area contributed by atoms with Crippen LogP contribution in [-0.4, -0.2) is 26.4 Å². The van der Waals surface area contributed by atoms with Gasteiger partial charge >= 0.3 is 0 Å². The lowest BCUT2D eigenvalue weighted by Gasteiger charge is -2.36. The Hall–Kier alpha value is 0.527. The molecule has 0 amide bonds. The molecule has 80 valence electrons. The van der Waals surface area contributed by atoms with Crippen molar-refractivity contribution in [2.75, 3.05) is 18.1 Å². The second-order valence-electron chi connectivity index (χ2n) is 4.81. The van der Waals surface area contributed by atoms with Gasteiger partial charge in [0.1, 0.15) is 0 Å². The summed E-state index contributed by atoms with van der Waals surface area (Å²) in [5.41, 5.74) is 0. The van der Waals surface area contributed by atoms with Crippen molar-refractivity contribution in [2.45, 2.75) is 45.8 Å². The van der Waals surface area contributed by atoms with Crippen molar-refractivity contribution in [1.82, 2.24) is 0 Å². The van der Waals surface area contributed by atoms with Gasteiger partial charge in [0.25, 0.3) is 0 Å². The second kappa shape index (κ2) is 5.42. The van der Waals surface area contributed by atoms with Crippen molar-refractivity contribution in [3.05, 3.63) is 0 Å². The van der Waals surface area contributed by atoms with Crippen LogP contribution in [0.1, 0.15) is 27.7 Å². The van der Waals surface area contributed by atoms with Crippen molar-refractivity contribution < 1.29 is 4.43 Å². The monoisotopic (exact) mass is 220 g/mol. The topological polar surface area (TPSA) is 9.23 Å². The highest BCUT2D eigenvalue weighted by molar-refractivity contribution is 7.99. The molecule has 0 N–H and O–H groups in total. The minimum absolute atomic E-state index is 0.351. The van der Waals surface area contributed by atoms with E-state index in [1.165, 1.54) is 5.75 Å². The normalized spacial score (nSPS) is 13.4. The number of rotatable bonds is 5. The van der Waals surface area contributed by atoms with Gasteiger partial charge in [0.15, 0.2) is 8.32 Å². The summed E-state index contributed by atoms with van der Waals surface area (Å²) in [5, 5.41) is 0.351. The molecule has 0 aliphatic heterocycles. The van der Waals surface area contributed by atoms with Crippen LogP contribution in [0.25, 0.3) is 0 Å². The molecule has 0 saturated heterocycles. The first kappa shape index (κ1) is 13.5. The summed E-state index contributed by atoms with van der Waals surface area (Å²) in [6, 6.07) is 0. The van der Waals surface area contributed by atoms with E-state index in [0.717, 1.165) is 12.4 Å². The molecule has 13 heavy (non-hydrogen) atoms. The summed E-state index contributed by atoms with van der Waals surface area (Å²) >= 11 is 1.96. The van der Waals surface area contributed by atoms with Crippen molar-refractivity contribution in [1.29, 1.82) is 0 Å². The van der Waals surface area contributed by atoms with Gasteiger partial charge in [-0.2, -0.15) is 11.8 Å². The van der Waals surface area contributed by atoms with Gasteiger partial charge in [-0.15, -0.1) is 0 Å². The summed E-state index contributed by atoms with van der Waals surface area (Å²) in [6.45, 7) is 14.6. The molecule has 0 aromatic heterocycles. The average molecular weight is 220 g/mol. The first-order valence-electron chi connectivity index (χ1n) is 5.03. The van der Waals surface area contributed by atoms with Crippen LogP contribution in [0.2, 0.25) is 18.1 Å². The Morgan fingerprint density at radius 2 is 1.77 bits per heavy atom. The fourth-order valence-electron chi connectivity index (χ4n) is 0.717. The zero-order valence-corrected chi connectivity index (χ0v) is 11.8. The van der Waals surface area contributed by atoms with Gasteiger partial charge in [0, 0.05) is 12.4 Å². The summed E-state index contributed by atoms with van der Waals surface area (Å²) in [6.07, 6.45) is 0. The molecule has 0 aromatic carbocycles. The van der Waals surface area contributed by atoms with Gasteiger partial charge in [-0.25, -0.2) is 0 Å². The van der Waals surface area contributed by atoms with E-state index in [4.69, 9.17) is 4.43 Å². The van der Waals surface area contributed by atoms with E-state index in [2.05, 4.69) is 40.8 Å². The molecule has 0 radical (unpaired) electrons. The van der Waals surface area contributed by atoms with Crippen LogP contribution in [0, 0.1) is 0 Å². The summed E-state index contributed by atoms with van der Waals surface area (Å²) < 4.78 is 6.01. The van der Waals surface area contributed by atoms with E-state index in [1.54, 1.807) is 0 Å². The fraction of sp³-hybridized carbons (Fsp3) is 1.00. The molecular weight excluding hydrogens is 196 g/mol. The lowest BCUT2D eigenvalue weighted by Crippen LogP contribution is -2.41. The Bertz CT molecular complexity index is 140. The minimum Gasteiger partial charge on any atom is -0.416 e. The fourth-order valence-corrected chi connectivity index (χ4v) is 2.40. The molecule has 0 unspecified atom stereocenters. The number of thioether (sulfide) groups is 1. The molecule has 1 nitrogen and oxygen atoms in total. The molecule has 0 aliphatic rings. The lowest BCUT2D eigenvalue weighted by atomic mass is 10.2. The zero-order chi connectivity index (χ0) is 10.5. The van der Waals surface area contributed by atoms with Crippen LogP contribution in [0.4, 0.5) is 0 Å². The lowest BCUT2D eigenvalue weighted by molar-refractivity contribution is 0.311. The quantitative estimate of drug-likeness (QED) is 0.515. The maximum absolute atomic E-state index is 6.01. The molecule has 0 atom stereocenters. The van der Waals surface area contributed by atoms with Crippen molar-refractivity contribution in [3.63, 3.8) is 0 Å². The molecule has 0 spiro atoms. The zero-order valence-electron chi connectivity index (χ0n) is 9.94. The van der Waals surface area contributed by atoms with Crippen molar-refractivity contribution in [2.24, 2.45) is 0 Å². The Morgan fingerprint density at radius 1 is 1.23 bits per heavy atom. The summed E-state index contributed by atoms with van der Waals surface area (Å²) in [7, 11) is -1.47. The summed E-state index contributed by atoms with van der Waals surface area (Å²) in [5.74, 6) is 2.34. The third kappa shape index (κ3) is 5.08. The van der Waals surface area contributed by atoms with Crippen LogP contribution < -0.4 is 0 Å². The Labute approximate surface area is 88.8 Å². The maximum Gasteiger partial charge on any atom is 0.192 e. The van der Waals surface area contributed by atoms with Gasteiger partial charge in [0.05, 0.1) is 0 Å². The molecule has 0 aromatic rings. The molecule has 0 bridgehead atoms. The molecule has 0 fully saturated rings. The van der Waals surface area contributed by atoms with Gasteiger partial charge < -0.3 is 4.43 Å².